The maximum Gasteiger partial charge on any atom is 0.149 e. The van der Waals surface area contributed by atoms with Crippen LogP contribution in [-0.2, 0) is 7.05 Å². The van der Waals surface area contributed by atoms with Crippen molar-refractivity contribution in [1.29, 1.82) is 0 Å². The van der Waals surface area contributed by atoms with Crippen LogP contribution in [0.1, 0.15) is 18.8 Å². The first-order chi connectivity index (χ1) is 10.1. The van der Waals surface area contributed by atoms with Crippen LogP contribution in [0.2, 0.25) is 0 Å². The molecule has 1 unspecified atom stereocenters. The molecule has 21 heavy (non-hydrogen) atoms. The number of halogens is 2. The third-order valence-corrected chi connectivity index (χ3v) is 3.53. The summed E-state index contributed by atoms with van der Waals surface area (Å²) in [4.78, 5) is 4.52. The summed E-state index contributed by atoms with van der Waals surface area (Å²) in [5.41, 5.74) is 1.71. The van der Waals surface area contributed by atoms with Crippen LogP contribution >= 0.6 is 0 Å². The minimum absolute atomic E-state index is 0.128. The minimum atomic E-state index is -0.611. The van der Waals surface area contributed by atoms with Crippen molar-refractivity contribution in [3.05, 3.63) is 59.9 Å². The first-order valence-electron chi connectivity index (χ1n) is 6.70. The smallest absolute Gasteiger partial charge is 0.149 e. The van der Waals surface area contributed by atoms with Gasteiger partial charge in [-0.25, -0.2) is 13.8 Å². The van der Waals surface area contributed by atoms with E-state index in [-0.39, 0.29) is 11.7 Å². The number of hydrogen-bond donors (Lipinski definition) is 1. The van der Waals surface area contributed by atoms with E-state index in [9.17, 15) is 8.78 Å². The van der Waals surface area contributed by atoms with Crippen molar-refractivity contribution in [1.82, 2.24) is 9.55 Å². The molecule has 108 valence electrons. The quantitative estimate of drug-likeness (QED) is 0.788. The van der Waals surface area contributed by atoms with Gasteiger partial charge in [0.05, 0.1) is 17.1 Å². The van der Waals surface area contributed by atoms with E-state index in [1.165, 1.54) is 18.2 Å². The van der Waals surface area contributed by atoms with Crippen LogP contribution < -0.4 is 5.32 Å². The van der Waals surface area contributed by atoms with Gasteiger partial charge in [0, 0.05) is 7.05 Å². The zero-order valence-electron chi connectivity index (χ0n) is 11.8. The molecule has 5 heteroatoms. The molecule has 0 fully saturated rings. The third-order valence-electron chi connectivity index (χ3n) is 3.53. The van der Waals surface area contributed by atoms with Crippen molar-refractivity contribution in [3.63, 3.8) is 0 Å². The van der Waals surface area contributed by atoms with Crippen LogP contribution in [-0.4, -0.2) is 9.55 Å². The molecule has 0 bridgehead atoms. The number of rotatable bonds is 3. The number of benzene rings is 2. The van der Waals surface area contributed by atoms with Crippen LogP contribution in [0.5, 0.6) is 0 Å². The molecule has 0 spiro atoms. The molecule has 0 saturated heterocycles. The molecule has 0 aliphatic heterocycles. The van der Waals surface area contributed by atoms with Crippen molar-refractivity contribution in [2.45, 2.75) is 13.0 Å². The van der Waals surface area contributed by atoms with Crippen molar-refractivity contribution < 1.29 is 8.78 Å². The average molecular weight is 287 g/mol. The van der Waals surface area contributed by atoms with E-state index < -0.39 is 11.6 Å². The maximum absolute atomic E-state index is 13.7. The number of aromatic nitrogens is 2. The molecule has 3 aromatic rings. The van der Waals surface area contributed by atoms with Crippen molar-refractivity contribution in [3.8, 4) is 0 Å². The van der Waals surface area contributed by atoms with E-state index >= 15 is 0 Å². The van der Waals surface area contributed by atoms with E-state index in [4.69, 9.17) is 0 Å². The summed E-state index contributed by atoms with van der Waals surface area (Å²) in [5.74, 6) is -0.500. The highest BCUT2D eigenvalue weighted by molar-refractivity contribution is 5.76. The Bertz CT molecular complexity index is 775. The Morgan fingerprint density at radius 2 is 1.71 bits per heavy atom. The number of hydrogen-bond acceptors (Lipinski definition) is 2. The predicted octanol–water partition coefficient (Wildman–Crippen LogP) is 4.02. The lowest BCUT2D eigenvalue weighted by Gasteiger charge is -2.16. The van der Waals surface area contributed by atoms with Crippen LogP contribution in [0.4, 0.5) is 14.5 Å². The number of anilines is 1. The van der Waals surface area contributed by atoms with Crippen molar-refractivity contribution in [2.75, 3.05) is 5.32 Å². The Kier molecular flexibility index (Phi) is 3.33. The highest BCUT2D eigenvalue weighted by Gasteiger charge is 2.17. The Morgan fingerprint density at radius 1 is 1.05 bits per heavy atom. The van der Waals surface area contributed by atoms with Gasteiger partial charge in [0.2, 0.25) is 0 Å². The topological polar surface area (TPSA) is 29.9 Å². The summed E-state index contributed by atoms with van der Waals surface area (Å²) in [6.45, 7) is 1.83. The van der Waals surface area contributed by atoms with Crippen LogP contribution in [0.25, 0.3) is 11.0 Å². The number of imidazole rings is 1. The molecular formula is C16H15F2N3. The Hall–Kier alpha value is -2.43. The number of para-hydroxylation sites is 3. The summed E-state index contributed by atoms with van der Waals surface area (Å²) in [6, 6.07) is 11.2. The van der Waals surface area contributed by atoms with Gasteiger partial charge in [-0.05, 0) is 31.2 Å². The van der Waals surface area contributed by atoms with Gasteiger partial charge < -0.3 is 9.88 Å². The van der Waals surface area contributed by atoms with Crippen LogP contribution in [0.15, 0.2) is 42.5 Å². The summed E-state index contributed by atoms with van der Waals surface area (Å²) in [7, 11) is 1.89. The van der Waals surface area contributed by atoms with Gasteiger partial charge >= 0.3 is 0 Å². The number of nitrogens with zero attached hydrogens (tertiary/aromatic N) is 2. The minimum Gasteiger partial charge on any atom is -0.371 e. The third kappa shape index (κ3) is 2.35. The predicted molar refractivity (Wildman–Crippen MR) is 79.1 cm³/mol. The molecule has 0 radical (unpaired) electrons. The monoisotopic (exact) mass is 287 g/mol. The second-order valence-corrected chi connectivity index (χ2v) is 4.98. The highest BCUT2D eigenvalue weighted by Crippen LogP contribution is 2.25. The van der Waals surface area contributed by atoms with Gasteiger partial charge in [0.1, 0.15) is 23.1 Å². The SMILES string of the molecule is CC(Nc1c(F)cccc1F)c1nc2ccccc2n1C. The van der Waals surface area contributed by atoms with Gasteiger partial charge in [0.15, 0.2) is 0 Å². The fourth-order valence-electron chi connectivity index (χ4n) is 2.47. The molecule has 0 saturated carbocycles. The van der Waals surface area contributed by atoms with Gasteiger partial charge in [-0.15, -0.1) is 0 Å². The molecule has 3 nitrogen and oxygen atoms in total. The van der Waals surface area contributed by atoms with Gasteiger partial charge in [-0.2, -0.15) is 0 Å². The Balaban J connectivity index is 1.97. The molecular weight excluding hydrogens is 272 g/mol. The number of nitrogens with one attached hydrogen (secondary N) is 1. The van der Waals surface area contributed by atoms with Crippen molar-refractivity contribution >= 4 is 16.7 Å². The van der Waals surface area contributed by atoms with E-state index in [1.807, 2.05) is 42.8 Å². The van der Waals surface area contributed by atoms with E-state index in [0.29, 0.717) is 0 Å². The van der Waals surface area contributed by atoms with Crippen LogP contribution in [0.3, 0.4) is 0 Å². The van der Waals surface area contributed by atoms with Gasteiger partial charge in [0.25, 0.3) is 0 Å². The molecule has 0 aliphatic rings. The molecule has 0 aliphatic carbocycles. The normalized spacial score (nSPS) is 12.6. The van der Waals surface area contributed by atoms with E-state index in [1.54, 1.807) is 0 Å². The second-order valence-electron chi connectivity index (χ2n) is 4.98. The van der Waals surface area contributed by atoms with Gasteiger partial charge in [-0.1, -0.05) is 18.2 Å². The first-order valence-corrected chi connectivity index (χ1v) is 6.70. The fraction of sp³-hybridized carbons (Fsp3) is 0.188. The molecule has 1 atom stereocenters. The first kappa shape index (κ1) is 13.5. The number of aryl methyl sites for hydroxylation is 1. The van der Waals surface area contributed by atoms with Crippen molar-refractivity contribution in [2.24, 2.45) is 7.05 Å². The highest BCUT2D eigenvalue weighted by atomic mass is 19.1. The zero-order valence-corrected chi connectivity index (χ0v) is 11.8. The molecule has 3 rings (SSSR count). The fourth-order valence-corrected chi connectivity index (χ4v) is 2.47. The lowest BCUT2D eigenvalue weighted by molar-refractivity contribution is 0.582. The summed E-state index contributed by atoms with van der Waals surface area (Å²) >= 11 is 0. The summed E-state index contributed by atoms with van der Waals surface area (Å²) < 4.78 is 29.3. The van der Waals surface area contributed by atoms with Crippen LogP contribution in [0, 0.1) is 11.6 Å². The lowest BCUT2D eigenvalue weighted by atomic mass is 10.2. The maximum atomic E-state index is 13.7. The van der Waals surface area contributed by atoms with E-state index in [2.05, 4.69) is 10.3 Å². The summed E-state index contributed by atoms with van der Waals surface area (Å²) in [6.07, 6.45) is 0. The summed E-state index contributed by atoms with van der Waals surface area (Å²) in [5, 5.41) is 2.86. The molecule has 2 aromatic carbocycles. The molecule has 1 aromatic heterocycles. The molecule has 1 heterocycles. The second kappa shape index (κ2) is 5.16. The molecule has 0 amide bonds. The largest absolute Gasteiger partial charge is 0.371 e. The standard InChI is InChI=1S/C16H15F2N3/c1-10(19-15-11(17)6-5-7-12(15)18)16-20-13-8-3-4-9-14(13)21(16)2/h3-10,19H,1-2H3. The zero-order chi connectivity index (χ0) is 15.0. The van der Waals surface area contributed by atoms with Gasteiger partial charge in [-0.3, -0.25) is 0 Å². The van der Waals surface area contributed by atoms with E-state index in [0.717, 1.165) is 16.9 Å². The Labute approximate surface area is 121 Å². The lowest BCUT2D eigenvalue weighted by Crippen LogP contribution is -2.14. The number of fused-ring (bicyclic) bond motifs is 1. The molecule has 1 N–H and O–H groups in total. The Morgan fingerprint density at radius 3 is 2.38 bits per heavy atom. The average Bonchev–Trinajstić information content (AvgIpc) is 2.81.